The number of hydrogen-bond donors (Lipinski definition) is 2. The molecule has 0 aliphatic heterocycles. The Balaban J connectivity index is 2.70. The molecule has 0 radical (unpaired) electrons. The molecule has 0 spiro atoms. The largest absolute Gasteiger partial charge is 0.507 e. The summed E-state index contributed by atoms with van der Waals surface area (Å²) in [6.45, 7) is 6.09. The minimum atomic E-state index is -1.07. The molecule has 1 atom stereocenters. The molecule has 0 aliphatic carbocycles. The lowest BCUT2D eigenvalue weighted by Crippen LogP contribution is -2.29. The van der Waals surface area contributed by atoms with Gasteiger partial charge in [0.2, 0.25) is 0 Å². The molecule has 2 aromatic rings. The second-order valence-electron chi connectivity index (χ2n) is 7.47. The van der Waals surface area contributed by atoms with Gasteiger partial charge in [-0.25, -0.2) is 4.79 Å². The van der Waals surface area contributed by atoms with Crippen LogP contribution in [0.3, 0.4) is 0 Å². The molecule has 2 aromatic carbocycles. The number of aromatic carboxylic acids is 1. The van der Waals surface area contributed by atoms with Crippen molar-refractivity contribution >= 4 is 5.97 Å². The van der Waals surface area contributed by atoms with Gasteiger partial charge in [-0.05, 0) is 30.9 Å². The Labute approximate surface area is 163 Å². The molecular formula is C24H32O3. The summed E-state index contributed by atoms with van der Waals surface area (Å²) in [5.74, 6) is -1.14. The first-order chi connectivity index (χ1) is 13.0. The smallest absolute Gasteiger partial charge is 0.339 e. The Hall–Kier alpha value is -2.29. The molecule has 3 heteroatoms. The SMILES string of the molecule is CCCCCC(CCCC)(c1ccccc1)c1ccc(C)c(C(=O)O)c1O. The number of rotatable bonds is 10. The summed E-state index contributed by atoms with van der Waals surface area (Å²) < 4.78 is 0. The van der Waals surface area contributed by atoms with Gasteiger partial charge in [-0.15, -0.1) is 0 Å². The number of aryl methyl sites for hydroxylation is 1. The quantitative estimate of drug-likeness (QED) is 0.473. The first kappa shape index (κ1) is 21.0. The van der Waals surface area contributed by atoms with E-state index in [2.05, 4.69) is 26.0 Å². The van der Waals surface area contributed by atoms with Crippen LogP contribution < -0.4 is 0 Å². The first-order valence-electron chi connectivity index (χ1n) is 10.1. The van der Waals surface area contributed by atoms with Crippen LogP contribution in [-0.2, 0) is 5.41 Å². The third-order valence-corrected chi connectivity index (χ3v) is 5.61. The van der Waals surface area contributed by atoms with Crippen molar-refractivity contribution in [3.63, 3.8) is 0 Å². The lowest BCUT2D eigenvalue weighted by Gasteiger charge is -2.36. The van der Waals surface area contributed by atoms with E-state index < -0.39 is 5.97 Å². The molecule has 0 heterocycles. The number of phenols is 1. The molecule has 0 fully saturated rings. The van der Waals surface area contributed by atoms with Crippen LogP contribution >= 0.6 is 0 Å². The van der Waals surface area contributed by atoms with Crippen molar-refractivity contribution in [2.24, 2.45) is 0 Å². The molecule has 3 nitrogen and oxygen atoms in total. The third kappa shape index (κ3) is 4.52. The molecule has 0 bridgehead atoms. The van der Waals surface area contributed by atoms with Gasteiger partial charge in [0.25, 0.3) is 0 Å². The Morgan fingerprint density at radius 2 is 1.56 bits per heavy atom. The van der Waals surface area contributed by atoms with E-state index in [1.165, 1.54) is 0 Å². The van der Waals surface area contributed by atoms with Gasteiger partial charge in [-0.1, -0.05) is 88.4 Å². The maximum absolute atomic E-state index is 11.8. The highest BCUT2D eigenvalue weighted by Gasteiger charge is 2.37. The lowest BCUT2D eigenvalue weighted by atomic mass is 9.67. The maximum Gasteiger partial charge on any atom is 0.339 e. The van der Waals surface area contributed by atoms with Crippen LogP contribution in [0.25, 0.3) is 0 Å². The zero-order valence-corrected chi connectivity index (χ0v) is 16.8. The number of carboxylic acid groups (broad SMARTS) is 1. The highest BCUT2D eigenvalue weighted by Crippen LogP contribution is 2.46. The van der Waals surface area contributed by atoms with Crippen molar-refractivity contribution in [3.8, 4) is 5.75 Å². The molecule has 1 unspecified atom stereocenters. The number of hydrogen-bond acceptors (Lipinski definition) is 2. The fourth-order valence-electron chi connectivity index (χ4n) is 4.10. The molecule has 27 heavy (non-hydrogen) atoms. The summed E-state index contributed by atoms with van der Waals surface area (Å²) in [7, 11) is 0. The van der Waals surface area contributed by atoms with E-state index in [0.717, 1.165) is 56.1 Å². The van der Waals surface area contributed by atoms with Gasteiger partial charge in [0.1, 0.15) is 11.3 Å². The lowest BCUT2D eigenvalue weighted by molar-refractivity contribution is 0.0692. The Kier molecular flexibility index (Phi) is 7.46. The van der Waals surface area contributed by atoms with Crippen LogP contribution in [0.2, 0.25) is 0 Å². The number of carboxylic acids is 1. The van der Waals surface area contributed by atoms with Crippen molar-refractivity contribution in [1.29, 1.82) is 0 Å². The van der Waals surface area contributed by atoms with Gasteiger partial charge in [0, 0.05) is 11.0 Å². The van der Waals surface area contributed by atoms with E-state index >= 15 is 0 Å². The molecule has 0 saturated carbocycles. The van der Waals surface area contributed by atoms with Crippen LogP contribution in [0, 0.1) is 6.92 Å². The fraction of sp³-hybridized carbons (Fsp3) is 0.458. The molecule has 0 amide bonds. The van der Waals surface area contributed by atoms with Crippen molar-refractivity contribution in [2.45, 2.75) is 71.1 Å². The zero-order chi connectivity index (χ0) is 19.9. The zero-order valence-electron chi connectivity index (χ0n) is 16.8. The average molecular weight is 369 g/mol. The molecule has 0 aromatic heterocycles. The van der Waals surface area contributed by atoms with Crippen molar-refractivity contribution < 1.29 is 15.0 Å². The predicted octanol–water partition coefficient (Wildman–Crippen LogP) is 6.46. The number of aromatic hydroxyl groups is 1. The van der Waals surface area contributed by atoms with E-state index in [1.807, 2.05) is 30.3 Å². The maximum atomic E-state index is 11.8. The van der Waals surface area contributed by atoms with E-state index in [9.17, 15) is 15.0 Å². The van der Waals surface area contributed by atoms with E-state index in [-0.39, 0.29) is 16.7 Å². The second kappa shape index (κ2) is 9.59. The molecule has 146 valence electrons. The summed E-state index contributed by atoms with van der Waals surface area (Å²) in [5, 5.41) is 20.6. The van der Waals surface area contributed by atoms with E-state index in [1.54, 1.807) is 6.92 Å². The Morgan fingerprint density at radius 3 is 2.15 bits per heavy atom. The Bertz CT molecular complexity index is 752. The summed E-state index contributed by atoms with van der Waals surface area (Å²) in [5.41, 5.74) is 2.16. The minimum Gasteiger partial charge on any atom is -0.507 e. The van der Waals surface area contributed by atoms with Crippen LogP contribution in [0.4, 0.5) is 0 Å². The van der Waals surface area contributed by atoms with Gasteiger partial charge in [0.15, 0.2) is 0 Å². The molecule has 2 N–H and O–H groups in total. The van der Waals surface area contributed by atoms with Crippen LogP contribution in [-0.4, -0.2) is 16.2 Å². The van der Waals surface area contributed by atoms with Crippen molar-refractivity contribution in [1.82, 2.24) is 0 Å². The average Bonchev–Trinajstić information content (AvgIpc) is 2.66. The minimum absolute atomic E-state index is 0.0276. The molecule has 0 saturated heterocycles. The monoisotopic (exact) mass is 368 g/mol. The predicted molar refractivity (Wildman–Crippen MR) is 111 cm³/mol. The van der Waals surface area contributed by atoms with E-state index in [4.69, 9.17) is 0 Å². The van der Waals surface area contributed by atoms with Crippen LogP contribution in [0.5, 0.6) is 5.75 Å². The van der Waals surface area contributed by atoms with Gasteiger partial charge in [-0.3, -0.25) is 0 Å². The fourth-order valence-corrected chi connectivity index (χ4v) is 4.10. The van der Waals surface area contributed by atoms with Crippen molar-refractivity contribution in [2.75, 3.05) is 0 Å². The molecular weight excluding hydrogens is 336 g/mol. The van der Waals surface area contributed by atoms with Gasteiger partial charge >= 0.3 is 5.97 Å². The highest BCUT2D eigenvalue weighted by molar-refractivity contribution is 5.93. The summed E-state index contributed by atoms with van der Waals surface area (Å²) >= 11 is 0. The van der Waals surface area contributed by atoms with Crippen LogP contribution in [0.1, 0.15) is 85.8 Å². The number of unbranched alkanes of at least 4 members (excludes halogenated alkanes) is 3. The summed E-state index contributed by atoms with van der Waals surface area (Å²) in [4.78, 5) is 11.8. The number of carbonyl (C=O) groups is 1. The Morgan fingerprint density at radius 1 is 0.926 bits per heavy atom. The third-order valence-electron chi connectivity index (χ3n) is 5.61. The normalized spacial score (nSPS) is 13.3. The topological polar surface area (TPSA) is 57.5 Å². The standard InChI is InChI=1S/C24H32O3/c1-4-6-11-17-24(16-7-5-2,19-12-9-8-10-13-19)20-15-14-18(3)21(22(20)25)23(26)27/h8-10,12-15,25H,4-7,11,16-17H2,1-3H3,(H,26,27). The van der Waals surface area contributed by atoms with Crippen LogP contribution in [0.15, 0.2) is 42.5 Å². The first-order valence-corrected chi connectivity index (χ1v) is 10.1. The second-order valence-corrected chi connectivity index (χ2v) is 7.47. The van der Waals surface area contributed by atoms with Crippen molar-refractivity contribution in [3.05, 3.63) is 64.7 Å². The summed E-state index contributed by atoms with van der Waals surface area (Å²) in [6, 6.07) is 14.0. The van der Waals surface area contributed by atoms with Gasteiger partial charge < -0.3 is 10.2 Å². The molecule has 2 rings (SSSR count). The van der Waals surface area contributed by atoms with Gasteiger partial charge in [-0.2, -0.15) is 0 Å². The molecule has 0 aliphatic rings. The van der Waals surface area contributed by atoms with E-state index in [0.29, 0.717) is 5.56 Å². The van der Waals surface area contributed by atoms with Gasteiger partial charge in [0.05, 0.1) is 0 Å². The highest BCUT2D eigenvalue weighted by atomic mass is 16.4. The number of benzene rings is 2. The summed E-state index contributed by atoms with van der Waals surface area (Å²) in [6.07, 6.45) is 7.17.